The molecule has 0 unspecified atom stereocenters. The molecule has 4 aromatic rings. The van der Waals surface area contributed by atoms with Crippen molar-refractivity contribution in [3.63, 3.8) is 0 Å². The minimum atomic E-state index is -0.175. The molecule has 4 heteroatoms. The number of nitrogen functional groups attached to an aromatic ring is 2. The summed E-state index contributed by atoms with van der Waals surface area (Å²) in [6, 6.07) is 31.2. The van der Waals surface area contributed by atoms with E-state index in [-0.39, 0.29) is 5.41 Å². The summed E-state index contributed by atoms with van der Waals surface area (Å²) in [5, 5.41) is 0. The smallest absolute Gasteiger partial charge is 0.129 e. The molecular formula is C27H26N2O2. The highest BCUT2D eigenvalue weighted by Crippen LogP contribution is 2.35. The maximum atomic E-state index is 5.91. The molecule has 0 amide bonds. The average molecular weight is 411 g/mol. The van der Waals surface area contributed by atoms with Crippen LogP contribution >= 0.6 is 0 Å². The first kappa shape index (κ1) is 20.4. The molecule has 0 atom stereocenters. The Morgan fingerprint density at radius 3 is 1.26 bits per heavy atom. The van der Waals surface area contributed by atoms with Crippen molar-refractivity contribution in [3.8, 4) is 23.0 Å². The number of nitrogens with two attached hydrogens (primary N) is 2. The first-order valence-corrected chi connectivity index (χ1v) is 10.2. The lowest BCUT2D eigenvalue weighted by molar-refractivity contribution is 0.481. The van der Waals surface area contributed by atoms with Gasteiger partial charge in [0, 0.05) is 28.9 Å². The summed E-state index contributed by atoms with van der Waals surface area (Å²) in [5.74, 6) is 3.00. The Balaban J connectivity index is 1.48. The van der Waals surface area contributed by atoms with E-state index >= 15 is 0 Å². The quantitative estimate of drug-likeness (QED) is 0.344. The van der Waals surface area contributed by atoms with Crippen molar-refractivity contribution in [1.29, 1.82) is 0 Å². The fraction of sp³-hybridized carbons (Fsp3) is 0.111. The van der Waals surface area contributed by atoms with Gasteiger partial charge in [-0.1, -0.05) is 50.2 Å². The Bertz CT molecular complexity index is 1070. The second-order valence-corrected chi connectivity index (χ2v) is 8.02. The van der Waals surface area contributed by atoms with Gasteiger partial charge < -0.3 is 20.9 Å². The Hall–Kier alpha value is -3.92. The minimum Gasteiger partial charge on any atom is -0.457 e. The molecule has 0 aliphatic carbocycles. The predicted molar refractivity (Wildman–Crippen MR) is 127 cm³/mol. The molecular weight excluding hydrogens is 384 g/mol. The van der Waals surface area contributed by atoms with Crippen molar-refractivity contribution >= 4 is 11.4 Å². The number of hydrogen-bond acceptors (Lipinski definition) is 4. The Morgan fingerprint density at radius 1 is 0.516 bits per heavy atom. The Morgan fingerprint density at radius 2 is 0.903 bits per heavy atom. The van der Waals surface area contributed by atoms with Crippen LogP contribution < -0.4 is 20.9 Å². The minimum absolute atomic E-state index is 0.175. The lowest BCUT2D eigenvalue weighted by Crippen LogP contribution is -2.18. The number of ether oxygens (including phenoxy) is 2. The molecule has 0 bridgehead atoms. The highest BCUT2D eigenvalue weighted by Gasteiger charge is 2.23. The molecule has 0 spiro atoms. The van der Waals surface area contributed by atoms with Crippen molar-refractivity contribution in [3.05, 3.63) is 108 Å². The number of rotatable bonds is 6. The van der Waals surface area contributed by atoms with E-state index in [2.05, 4.69) is 38.1 Å². The van der Waals surface area contributed by atoms with Gasteiger partial charge >= 0.3 is 0 Å². The van der Waals surface area contributed by atoms with Crippen LogP contribution in [0.15, 0.2) is 97.1 Å². The van der Waals surface area contributed by atoms with Gasteiger partial charge in [-0.15, -0.1) is 0 Å². The van der Waals surface area contributed by atoms with Crippen LogP contribution in [-0.2, 0) is 5.41 Å². The zero-order valence-corrected chi connectivity index (χ0v) is 17.7. The number of anilines is 2. The molecule has 0 aliphatic rings. The van der Waals surface area contributed by atoms with Gasteiger partial charge in [-0.05, 0) is 59.7 Å². The lowest BCUT2D eigenvalue weighted by atomic mass is 9.78. The van der Waals surface area contributed by atoms with Crippen LogP contribution in [0.3, 0.4) is 0 Å². The predicted octanol–water partition coefficient (Wildman–Crippen LogP) is 6.76. The summed E-state index contributed by atoms with van der Waals surface area (Å²) in [6.07, 6.45) is 0. The van der Waals surface area contributed by atoms with Crippen LogP contribution in [0, 0.1) is 0 Å². The Kier molecular flexibility index (Phi) is 5.54. The Labute approximate surface area is 183 Å². The highest BCUT2D eigenvalue weighted by atomic mass is 16.5. The van der Waals surface area contributed by atoms with Crippen LogP contribution in [0.1, 0.15) is 25.0 Å². The van der Waals surface area contributed by atoms with Crippen molar-refractivity contribution in [2.24, 2.45) is 0 Å². The molecule has 156 valence electrons. The molecule has 0 aliphatic heterocycles. The zero-order valence-electron chi connectivity index (χ0n) is 17.7. The first-order valence-electron chi connectivity index (χ1n) is 10.2. The molecule has 4 rings (SSSR count). The summed E-state index contributed by atoms with van der Waals surface area (Å²) in [5.41, 5.74) is 15.2. The molecule has 0 heterocycles. The van der Waals surface area contributed by atoms with E-state index in [1.54, 1.807) is 0 Å². The fourth-order valence-electron chi connectivity index (χ4n) is 3.47. The van der Waals surface area contributed by atoms with Crippen LogP contribution in [0.2, 0.25) is 0 Å². The van der Waals surface area contributed by atoms with Gasteiger partial charge in [0.15, 0.2) is 0 Å². The molecule has 4 nitrogen and oxygen atoms in total. The van der Waals surface area contributed by atoms with Crippen LogP contribution in [0.5, 0.6) is 23.0 Å². The third-order valence-electron chi connectivity index (χ3n) is 5.34. The van der Waals surface area contributed by atoms with E-state index in [4.69, 9.17) is 20.9 Å². The third-order valence-corrected chi connectivity index (χ3v) is 5.34. The largest absolute Gasteiger partial charge is 0.457 e. The summed E-state index contributed by atoms with van der Waals surface area (Å²) in [7, 11) is 0. The summed E-state index contributed by atoms with van der Waals surface area (Å²) in [4.78, 5) is 0. The second kappa shape index (κ2) is 8.44. The molecule has 0 radical (unpaired) electrons. The van der Waals surface area contributed by atoms with Gasteiger partial charge in [-0.3, -0.25) is 0 Å². The van der Waals surface area contributed by atoms with E-state index < -0.39 is 0 Å². The monoisotopic (exact) mass is 410 g/mol. The maximum absolute atomic E-state index is 5.91. The van der Waals surface area contributed by atoms with Gasteiger partial charge in [0.2, 0.25) is 0 Å². The van der Waals surface area contributed by atoms with Crippen molar-refractivity contribution in [1.82, 2.24) is 0 Å². The van der Waals surface area contributed by atoms with Gasteiger partial charge in [0.25, 0.3) is 0 Å². The van der Waals surface area contributed by atoms with Crippen LogP contribution in [-0.4, -0.2) is 0 Å². The maximum Gasteiger partial charge on any atom is 0.129 e. The standard InChI is InChI=1S/C27H26N2O2/c1-27(2,19-9-13-23(14-10-19)30-25-7-3-5-21(28)17-25)20-11-15-24(16-12-20)31-26-8-4-6-22(29)18-26/h3-18H,28-29H2,1-2H3. The third kappa shape index (κ3) is 4.81. The van der Waals surface area contributed by atoms with Crippen LogP contribution in [0.4, 0.5) is 11.4 Å². The molecule has 31 heavy (non-hydrogen) atoms. The van der Waals surface area contributed by atoms with Gasteiger partial charge in [0.1, 0.15) is 23.0 Å². The highest BCUT2D eigenvalue weighted by molar-refractivity contribution is 5.48. The molecule has 4 N–H and O–H groups in total. The normalized spacial score (nSPS) is 11.2. The number of benzene rings is 4. The summed E-state index contributed by atoms with van der Waals surface area (Å²) < 4.78 is 11.8. The summed E-state index contributed by atoms with van der Waals surface area (Å²) in [6.45, 7) is 4.41. The molecule has 0 saturated heterocycles. The van der Waals surface area contributed by atoms with E-state index in [9.17, 15) is 0 Å². The van der Waals surface area contributed by atoms with E-state index in [1.807, 2.05) is 72.8 Å². The molecule has 0 aromatic heterocycles. The zero-order chi connectivity index (χ0) is 21.8. The van der Waals surface area contributed by atoms with Gasteiger partial charge in [0.05, 0.1) is 0 Å². The van der Waals surface area contributed by atoms with Crippen molar-refractivity contribution in [2.45, 2.75) is 19.3 Å². The van der Waals surface area contributed by atoms with Crippen LogP contribution in [0.25, 0.3) is 0 Å². The summed E-state index contributed by atoms with van der Waals surface area (Å²) >= 11 is 0. The fourth-order valence-corrected chi connectivity index (χ4v) is 3.47. The van der Waals surface area contributed by atoms with E-state index in [0.29, 0.717) is 11.4 Å². The SMILES string of the molecule is CC(C)(c1ccc(Oc2cccc(N)c2)cc1)c1ccc(Oc2cccc(N)c2)cc1. The van der Waals surface area contributed by atoms with Crippen molar-refractivity contribution < 1.29 is 9.47 Å². The molecule has 0 saturated carbocycles. The second-order valence-electron chi connectivity index (χ2n) is 8.02. The van der Waals surface area contributed by atoms with E-state index in [0.717, 1.165) is 23.0 Å². The topological polar surface area (TPSA) is 70.5 Å². The van der Waals surface area contributed by atoms with E-state index in [1.165, 1.54) is 11.1 Å². The van der Waals surface area contributed by atoms with Gasteiger partial charge in [-0.25, -0.2) is 0 Å². The molecule has 4 aromatic carbocycles. The lowest BCUT2D eigenvalue weighted by Gasteiger charge is -2.26. The van der Waals surface area contributed by atoms with Gasteiger partial charge in [-0.2, -0.15) is 0 Å². The average Bonchev–Trinajstić information content (AvgIpc) is 2.75. The number of hydrogen-bond donors (Lipinski definition) is 2. The molecule has 0 fully saturated rings. The van der Waals surface area contributed by atoms with Crippen molar-refractivity contribution in [2.75, 3.05) is 11.5 Å². The first-order chi connectivity index (χ1) is 14.9.